The van der Waals surface area contributed by atoms with Gasteiger partial charge in [-0.2, -0.15) is 0 Å². The smallest absolute Gasteiger partial charge is 0.200 e. The third kappa shape index (κ3) is 3.44. The van der Waals surface area contributed by atoms with Crippen molar-refractivity contribution < 1.29 is 26.7 Å². The van der Waals surface area contributed by atoms with Crippen molar-refractivity contribution in [1.29, 1.82) is 0 Å². The van der Waals surface area contributed by atoms with Crippen LogP contribution in [0.4, 0.5) is 22.0 Å². The van der Waals surface area contributed by atoms with Crippen LogP contribution in [0.5, 0.6) is 0 Å². The number of ether oxygens (including phenoxy) is 1. The van der Waals surface area contributed by atoms with Gasteiger partial charge in [0.1, 0.15) is 0 Å². The van der Waals surface area contributed by atoms with Gasteiger partial charge in [0, 0.05) is 0 Å². The molecular formula is C12H9F5O. The van der Waals surface area contributed by atoms with Gasteiger partial charge in [-0.3, -0.25) is 0 Å². The predicted molar refractivity (Wildman–Crippen MR) is 57.8 cm³/mol. The molecule has 0 heterocycles. The quantitative estimate of drug-likeness (QED) is 0.342. The van der Waals surface area contributed by atoms with E-state index in [0.29, 0.717) is 6.08 Å². The van der Waals surface area contributed by atoms with Gasteiger partial charge >= 0.3 is 0 Å². The molecule has 0 aromatic heterocycles. The van der Waals surface area contributed by atoms with Crippen LogP contribution in [-0.2, 0) is 4.74 Å². The number of halogens is 5. The lowest BCUT2D eigenvalue weighted by Gasteiger charge is -2.02. The van der Waals surface area contributed by atoms with Crippen molar-refractivity contribution >= 4 is 6.08 Å². The SMILES string of the molecule is C=COC=C.C=Cc1c(F)c(F)c(F)c(F)c1F. The molecule has 0 aliphatic rings. The van der Waals surface area contributed by atoms with Gasteiger partial charge < -0.3 is 4.74 Å². The van der Waals surface area contributed by atoms with E-state index in [1.807, 2.05) is 0 Å². The highest BCUT2D eigenvalue weighted by molar-refractivity contribution is 5.49. The van der Waals surface area contributed by atoms with Gasteiger partial charge in [0.2, 0.25) is 5.82 Å². The molecule has 0 aliphatic carbocycles. The summed E-state index contributed by atoms with van der Waals surface area (Å²) in [6.45, 7) is 9.44. The zero-order chi connectivity index (χ0) is 14.3. The molecular weight excluding hydrogens is 255 g/mol. The minimum absolute atomic E-state index is 0.566. The van der Waals surface area contributed by atoms with Gasteiger partial charge in [-0.05, 0) is 0 Å². The molecule has 1 aromatic carbocycles. The van der Waals surface area contributed by atoms with Crippen LogP contribution < -0.4 is 0 Å². The zero-order valence-corrected chi connectivity index (χ0v) is 9.15. The lowest BCUT2D eigenvalue weighted by Crippen LogP contribution is -2.03. The van der Waals surface area contributed by atoms with E-state index in [1.165, 1.54) is 12.5 Å². The number of hydrogen-bond donors (Lipinski definition) is 0. The summed E-state index contributed by atoms with van der Waals surface area (Å²) in [5.74, 6) is -9.83. The number of hydrogen-bond acceptors (Lipinski definition) is 1. The Bertz CT molecular complexity index is 433. The summed E-state index contributed by atoms with van der Waals surface area (Å²) in [5, 5.41) is 0. The highest BCUT2D eigenvalue weighted by Crippen LogP contribution is 2.23. The molecule has 0 aliphatic heterocycles. The van der Waals surface area contributed by atoms with Crippen LogP contribution in [0.3, 0.4) is 0 Å². The molecule has 0 N–H and O–H groups in total. The molecule has 1 nitrogen and oxygen atoms in total. The number of rotatable bonds is 3. The standard InChI is InChI=1S/C8H3F5.C4H6O/c1-2-3-4(9)6(11)8(13)7(12)5(3)10;1-3-5-4-2/h2H,1H2;3-4H,1-2H2. The average Bonchev–Trinajstić information content (AvgIpc) is 2.36. The Balaban J connectivity index is 0.000000494. The Morgan fingerprint density at radius 1 is 0.667 bits per heavy atom. The molecule has 0 spiro atoms. The Morgan fingerprint density at radius 2 is 1.00 bits per heavy atom. The van der Waals surface area contributed by atoms with Crippen LogP contribution in [0.2, 0.25) is 0 Å². The monoisotopic (exact) mass is 264 g/mol. The molecule has 0 saturated carbocycles. The maximum Gasteiger partial charge on any atom is 0.200 e. The topological polar surface area (TPSA) is 9.23 Å². The largest absolute Gasteiger partial charge is 0.474 e. The summed E-state index contributed by atoms with van der Waals surface area (Å²) in [6, 6.07) is 0. The van der Waals surface area contributed by atoms with Crippen molar-refractivity contribution in [1.82, 2.24) is 0 Å². The average molecular weight is 264 g/mol. The summed E-state index contributed by atoms with van der Waals surface area (Å²) in [7, 11) is 0. The second kappa shape index (κ2) is 7.26. The zero-order valence-electron chi connectivity index (χ0n) is 9.15. The first kappa shape index (κ1) is 15.9. The van der Waals surface area contributed by atoms with Crippen molar-refractivity contribution in [3.8, 4) is 0 Å². The van der Waals surface area contributed by atoms with Gasteiger partial charge in [-0.25, -0.2) is 22.0 Å². The molecule has 98 valence electrons. The van der Waals surface area contributed by atoms with Crippen LogP contribution >= 0.6 is 0 Å². The molecule has 0 atom stereocenters. The maximum atomic E-state index is 12.6. The third-order valence-corrected chi connectivity index (χ3v) is 1.64. The van der Waals surface area contributed by atoms with E-state index in [-0.39, 0.29) is 0 Å². The van der Waals surface area contributed by atoms with Crippen molar-refractivity contribution in [3.05, 3.63) is 66.9 Å². The van der Waals surface area contributed by atoms with Gasteiger partial charge in [-0.15, -0.1) is 0 Å². The highest BCUT2D eigenvalue weighted by Gasteiger charge is 2.23. The van der Waals surface area contributed by atoms with Crippen LogP contribution in [0.25, 0.3) is 6.08 Å². The Hall–Kier alpha value is -2.11. The van der Waals surface area contributed by atoms with E-state index in [1.54, 1.807) is 0 Å². The first-order chi connectivity index (χ1) is 8.42. The fourth-order valence-corrected chi connectivity index (χ4v) is 0.869. The Labute approximate surface area is 100 Å². The minimum atomic E-state index is -2.17. The van der Waals surface area contributed by atoms with E-state index in [0.717, 1.165) is 0 Å². The maximum absolute atomic E-state index is 12.6. The summed E-state index contributed by atoms with van der Waals surface area (Å²) in [6.07, 6.45) is 3.19. The summed E-state index contributed by atoms with van der Waals surface area (Å²) in [4.78, 5) is 0. The molecule has 0 amide bonds. The molecule has 0 unspecified atom stereocenters. The van der Waals surface area contributed by atoms with Gasteiger partial charge in [0.15, 0.2) is 23.3 Å². The molecule has 0 radical (unpaired) electrons. The number of benzene rings is 1. The molecule has 0 fully saturated rings. The van der Waals surface area contributed by atoms with Gasteiger partial charge in [0.25, 0.3) is 0 Å². The molecule has 1 aromatic rings. The first-order valence-corrected chi connectivity index (χ1v) is 4.43. The van der Waals surface area contributed by atoms with Crippen molar-refractivity contribution in [2.75, 3.05) is 0 Å². The highest BCUT2D eigenvalue weighted by atomic mass is 19.2. The van der Waals surface area contributed by atoms with Crippen LogP contribution in [0, 0.1) is 29.1 Å². The van der Waals surface area contributed by atoms with E-state index in [9.17, 15) is 22.0 Å². The van der Waals surface area contributed by atoms with Gasteiger partial charge in [-0.1, -0.05) is 25.8 Å². The summed E-state index contributed by atoms with van der Waals surface area (Å²) >= 11 is 0. The third-order valence-electron chi connectivity index (χ3n) is 1.64. The fourth-order valence-electron chi connectivity index (χ4n) is 0.869. The fraction of sp³-hybridized carbons (Fsp3) is 0. The molecule has 6 heteroatoms. The second-order valence-electron chi connectivity index (χ2n) is 2.66. The van der Waals surface area contributed by atoms with Crippen molar-refractivity contribution in [2.24, 2.45) is 0 Å². The van der Waals surface area contributed by atoms with Gasteiger partial charge in [0.05, 0.1) is 18.1 Å². The second-order valence-corrected chi connectivity index (χ2v) is 2.66. The van der Waals surface area contributed by atoms with Crippen LogP contribution in [0.15, 0.2) is 32.3 Å². The summed E-state index contributed by atoms with van der Waals surface area (Å²) < 4.78 is 66.7. The first-order valence-electron chi connectivity index (χ1n) is 4.43. The van der Waals surface area contributed by atoms with E-state index in [4.69, 9.17) is 0 Å². The van der Waals surface area contributed by atoms with E-state index < -0.39 is 34.6 Å². The summed E-state index contributed by atoms with van der Waals surface area (Å²) in [5.41, 5.74) is -1.02. The van der Waals surface area contributed by atoms with Crippen LogP contribution in [-0.4, -0.2) is 0 Å². The molecule has 18 heavy (non-hydrogen) atoms. The predicted octanol–water partition coefficient (Wildman–Crippen LogP) is 4.32. The normalized spacial score (nSPS) is 8.94. The minimum Gasteiger partial charge on any atom is -0.474 e. The lowest BCUT2D eigenvalue weighted by atomic mass is 10.1. The Kier molecular flexibility index (Phi) is 6.41. The molecule has 0 saturated heterocycles. The van der Waals surface area contributed by atoms with E-state index >= 15 is 0 Å². The molecule has 0 bridgehead atoms. The van der Waals surface area contributed by atoms with Crippen molar-refractivity contribution in [3.63, 3.8) is 0 Å². The molecule has 1 rings (SSSR count). The Morgan fingerprint density at radius 3 is 1.22 bits per heavy atom. The van der Waals surface area contributed by atoms with E-state index in [2.05, 4.69) is 24.5 Å². The van der Waals surface area contributed by atoms with Crippen molar-refractivity contribution in [2.45, 2.75) is 0 Å². The van der Waals surface area contributed by atoms with Crippen LogP contribution in [0.1, 0.15) is 5.56 Å². The lowest BCUT2D eigenvalue weighted by molar-refractivity contribution is 0.377.